The van der Waals surface area contributed by atoms with Gasteiger partial charge in [-0.25, -0.2) is 5.84 Å². The smallest absolute Gasteiger partial charge is 0.0502 e. The highest BCUT2D eigenvalue weighted by Crippen LogP contribution is 2.07. The topological polar surface area (TPSA) is 41.6 Å². The Bertz CT molecular complexity index is 109. The third kappa shape index (κ3) is 1.21. The van der Waals surface area contributed by atoms with E-state index in [1.807, 2.05) is 11.5 Å². The van der Waals surface area contributed by atoms with Gasteiger partial charge in [0, 0.05) is 11.9 Å². The summed E-state index contributed by atoms with van der Waals surface area (Å²) in [4.78, 5) is 0. The Balaban J connectivity index is 2.49. The zero-order valence-electron chi connectivity index (χ0n) is 3.61. The fraction of sp³-hybridized carbons (Fsp3) is 0. The Kier molecular flexibility index (Phi) is 1.33. The van der Waals surface area contributed by atoms with E-state index in [1.54, 1.807) is 6.21 Å². The molecule has 7 heavy (non-hydrogen) atoms. The predicted octanol–water partition coefficient (Wildman–Crippen LogP) is 0.323. The van der Waals surface area contributed by atoms with Crippen LogP contribution in [-0.2, 0) is 0 Å². The van der Waals surface area contributed by atoms with Crippen LogP contribution in [0.4, 0.5) is 0 Å². The van der Waals surface area contributed by atoms with Crippen LogP contribution in [0.25, 0.3) is 0 Å². The quantitative estimate of drug-likeness (QED) is 0.365. The average molecular weight is 115 g/mol. The first-order chi connectivity index (χ1) is 3.39. The molecule has 0 aromatic heterocycles. The van der Waals surface area contributed by atoms with E-state index >= 15 is 0 Å². The predicted molar refractivity (Wildman–Crippen MR) is 31.2 cm³/mol. The maximum Gasteiger partial charge on any atom is 0.0502 e. The van der Waals surface area contributed by atoms with Gasteiger partial charge in [0.2, 0.25) is 0 Å². The fourth-order valence-electron chi connectivity index (χ4n) is 0.264. The molecular formula is C3H5N3S. The van der Waals surface area contributed by atoms with E-state index in [9.17, 15) is 0 Å². The van der Waals surface area contributed by atoms with E-state index in [0.717, 1.165) is 0 Å². The van der Waals surface area contributed by atoms with Crippen molar-refractivity contribution in [1.82, 2.24) is 4.52 Å². The van der Waals surface area contributed by atoms with E-state index in [0.29, 0.717) is 0 Å². The Morgan fingerprint density at radius 3 is 2.86 bits per heavy atom. The van der Waals surface area contributed by atoms with Crippen LogP contribution in [0.1, 0.15) is 0 Å². The fourth-order valence-corrected chi connectivity index (χ4v) is 0.638. The molecule has 0 aromatic carbocycles. The molecule has 0 aliphatic carbocycles. The monoisotopic (exact) mass is 115 g/mol. The highest BCUT2D eigenvalue weighted by molar-refractivity contribution is 7.99. The lowest BCUT2D eigenvalue weighted by Crippen LogP contribution is -2.16. The van der Waals surface area contributed by atoms with Crippen molar-refractivity contribution in [3.63, 3.8) is 0 Å². The molecule has 1 aliphatic heterocycles. The number of nitrogens with zero attached hydrogens (tertiary/aromatic N) is 2. The van der Waals surface area contributed by atoms with E-state index in [2.05, 4.69) is 5.10 Å². The second-order valence-electron chi connectivity index (χ2n) is 1.00. The van der Waals surface area contributed by atoms with Gasteiger partial charge in [-0.1, -0.05) is 0 Å². The zero-order chi connectivity index (χ0) is 5.11. The summed E-state index contributed by atoms with van der Waals surface area (Å²) in [6.45, 7) is 0. The van der Waals surface area contributed by atoms with E-state index in [1.165, 1.54) is 16.5 Å². The van der Waals surface area contributed by atoms with Gasteiger partial charge < -0.3 is 0 Å². The maximum absolute atomic E-state index is 5.18. The Morgan fingerprint density at radius 1 is 1.71 bits per heavy atom. The van der Waals surface area contributed by atoms with Crippen molar-refractivity contribution < 1.29 is 0 Å². The third-order valence-corrected chi connectivity index (χ3v) is 1.10. The SMILES string of the molecule is NN1N=CC=CS1. The van der Waals surface area contributed by atoms with E-state index in [4.69, 9.17) is 5.84 Å². The van der Waals surface area contributed by atoms with Crippen LogP contribution < -0.4 is 5.84 Å². The third-order valence-electron chi connectivity index (χ3n) is 0.514. The summed E-state index contributed by atoms with van der Waals surface area (Å²) in [6.07, 6.45) is 3.46. The summed E-state index contributed by atoms with van der Waals surface area (Å²) in [5.74, 6) is 5.18. The van der Waals surface area contributed by atoms with Gasteiger partial charge in [-0.3, -0.25) is 0 Å². The number of allylic oxidation sites excluding steroid dienone is 1. The van der Waals surface area contributed by atoms with Crippen molar-refractivity contribution in [3.05, 3.63) is 11.5 Å². The van der Waals surface area contributed by atoms with Gasteiger partial charge in [-0.05, 0) is 11.5 Å². The second kappa shape index (κ2) is 1.99. The van der Waals surface area contributed by atoms with Gasteiger partial charge in [0.15, 0.2) is 0 Å². The first-order valence-corrected chi connectivity index (χ1v) is 2.64. The van der Waals surface area contributed by atoms with E-state index in [-0.39, 0.29) is 0 Å². The molecule has 0 atom stereocenters. The molecule has 0 saturated heterocycles. The molecule has 0 aromatic rings. The standard InChI is InChI=1S/C3H5N3S/c4-6-5-2-1-3-7-6/h1-3H,4H2. The van der Waals surface area contributed by atoms with E-state index < -0.39 is 0 Å². The highest BCUT2D eigenvalue weighted by Gasteiger charge is 1.89. The van der Waals surface area contributed by atoms with Crippen molar-refractivity contribution in [2.75, 3.05) is 0 Å². The molecule has 1 rings (SSSR count). The summed E-state index contributed by atoms with van der Waals surface area (Å²) >= 11 is 1.35. The zero-order valence-corrected chi connectivity index (χ0v) is 4.43. The number of nitrogens with two attached hydrogens (primary N) is 1. The van der Waals surface area contributed by atoms with Gasteiger partial charge in [0.1, 0.15) is 0 Å². The van der Waals surface area contributed by atoms with Gasteiger partial charge >= 0.3 is 0 Å². The summed E-state index contributed by atoms with van der Waals surface area (Å²) in [5, 5.41) is 5.55. The lowest BCUT2D eigenvalue weighted by atomic mass is 10.7. The molecule has 0 unspecified atom stereocenters. The molecule has 4 heteroatoms. The van der Waals surface area contributed by atoms with Crippen LogP contribution >= 0.6 is 11.9 Å². The molecule has 0 bridgehead atoms. The van der Waals surface area contributed by atoms with Crippen molar-refractivity contribution in [2.24, 2.45) is 10.9 Å². The van der Waals surface area contributed by atoms with Gasteiger partial charge in [-0.2, -0.15) is 9.62 Å². The molecule has 1 aliphatic rings. The van der Waals surface area contributed by atoms with Crippen molar-refractivity contribution in [3.8, 4) is 0 Å². The average Bonchev–Trinajstić information content (AvgIpc) is 1.69. The Labute approximate surface area is 46.0 Å². The van der Waals surface area contributed by atoms with Crippen LogP contribution in [0.2, 0.25) is 0 Å². The maximum atomic E-state index is 5.18. The van der Waals surface area contributed by atoms with Gasteiger partial charge in [-0.15, -0.1) is 0 Å². The first-order valence-electron chi connectivity index (χ1n) is 1.80. The van der Waals surface area contributed by atoms with Crippen LogP contribution in [-0.4, -0.2) is 10.7 Å². The second-order valence-corrected chi connectivity index (χ2v) is 1.86. The number of hydrazine groups is 1. The molecular weight excluding hydrogens is 110 g/mol. The Hall–Kier alpha value is -0.480. The largest absolute Gasteiger partial charge is 0.220 e. The molecule has 3 nitrogen and oxygen atoms in total. The number of hydrogen-bond donors (Lipinski definition) is 1. The van der Waals surface area contributed by atoms with Crippen molar-refractivity contribution >= 4 is 18.2 Å². The highest BCUT2D eigenvalue weighted by atomic mass is 32.2. The van der Waals surface area contributed by atoms with Crippen LogP contribution in [0.5, 0.6) is 0 Å². The molecule has 0 radical (unpaired) electrons. The molecule has 0 fully saturated rings. The van der Waals surface area contributed by atoms with Gasteiger partial charge in [0.05, 0.1) is 6.21 Å². The van der Waals surface area contributed by atoms with Crippen LogP contribution in [0.15, 0.2) is 16.6 Å². The summed E-state index contributed by atoms with van der Waals surface area (Å²) < 4.78 is 1.29. The summed E-state index contributed by atoms with van der Waals surface area (Å²) in [5.41, 5.74) is 0. The lowest BCUT2D eigenvalue weighted by Gasteiger charge is -2.07. The normalized spacial score (nSPS) is 18.1. The molecule has 0 saturated carbocycles. The summed E-state index contributed by atoms with van der Waals surface area (Å²) in [7, 11) is 0. The number of hydrazone groups is 1. The van der Waals surface area contributed by atoms with Crippen molar-refractivity contribution in [2.45, 2.75) is 0 Å². The minimum absolute atomic E-state index is 1.29. The molecule has 0 spiro atoms. The molecule has 1 heterocycles. The van der Waals surface area contributed by atoms with Crippen LogP contribution in [0, 0.1) is 0 Å². The number of rotatable bonds is 0. The molecule has 2 N–H and O–H groups in total. The summed E-state index contributed by atoms with van der Waals surface area (Å²) in [6, 6.07) is 0. The van der Waals surface area contributed by atoms with Gasteiger partial charge in [0.25, 0.3) is 0 Å². The number of hydrogen-bond acceptors (Lipinski definition) is 4. The van der Waals surface area contributed by atoms with Crippen LogP contribution in [0.3, 0.4) is 0 Å². The first kappa shape index (κ1) is 4.67. The lowest BCUT2D eigenvalue weighted by molar-refractivity contribution is 0.541. The molecule has 0 amide bonds. The van der Waals surface area contributed by atoms with Crippen molar-refractivity contribution in [1.29, 1.82) is 0 Å². The minimum atomic E-state index is 1.29. The molecule has 38 valence electrons. The minimum Gasteiger partial charge on any atom is -0.220 e. The Morgan fingerprint density at radius 2 is 2.57 bits per heavy atom.